The molecule has 1 atom stereocenters. The van der Waals surface area contributed by atoms with Crippen LogP contribution in [0, 0.1) is 0 Å². The van der Waals surface area contributed by atoms with E-state index in [-0.39, 0.29) is 31.1 Å². The third-order valence-corrected chi connectivity index (χ3v) is 16.2. The van der Waals surface area contributed by atoms with Crippen molar-refractivity contribution >= 4 is 17.9 Å². The van der Waals surface area contributed by atoms with Crippen molar-refractivity contribution in [2.24, 2.45) is 0 Å². The molecule has 0 saturated carbocycles. The molecule has 0 saturated heterocycles. The standard InChI is InChI=1S/C77H138O6/c1-4-7-10-13-16-19-22-24-26-28-30-32-34-36-37-38-39-40-41-42-44-45-47-49-51-53-55-58-61-64-67-70-76(79)82-73-74(72-81-75(78)69-66-63-60-57-21-18-15-12-9-6-3)83-77(80)71-68-65-62-59-56-54-52-50-48-46-43-35-33-31-29-27-25-23-20-17-14-11-8-5-2/h7,10,12,15-16,19,24,26,30,32,36-37,74H,4-6,8-9,11,13-14,17-18,20-23,25,27-29,31,33-35,38-73H2,1-3H3/b10-7-,15-12-,19-16-,26-24-,32-30-,37-36-. The van der Waals surface area contributed by atoms with E-state index in [1.54, 1.807) is 0 Å². The lowest BCUT2D eigenvalue weighted by atomic mass is 10.0. The number of carbonyl (C=O) groups excluding carboxylic acids is 3. The minimum absolute atomic E-state index is 0.0730. The van der Waals surface area contributed by atoms with Crippen LogP contribution in [-0.2, 0) is 28.6 Å². The maximum Gasteiger partial charge on any atom is 0.306 e. The summed E-state index contributed by atoms with van der Waals surface area (Å²) in [5.41, 5.74) is 0. The van der Waals surface area contributed by atoms with E-state index in [0.29, 0.717) is 19.3 Å². The lowest BCUT2D eigenvalue weighted by Crippen LogP contribution is -2.30. The highest BCUT2D eigenvalue weighted by atomic mass is 16.6. The second-order valence-corrected chi connectivity index (χ2v) is 24.5. The van der Waals surface area contributed by atoms with E-state index in [0.717, 1.165) is 103 Å². The van der Waals surface area contributed by atoms with Gasteiger partial charge in [0, 0.05) is 19.3 Å². The Kier molecular flexibility index (Phi) is 68.6. The molecule has 6 heteroatoms. The van der Waals surface area contributed by atoms with Crippen molar-refractivity contribution in [1.82, 2.24) is 0 Å². The van der Waals surface area contributed by atoms with Crippen LogP contribution < -0.4 is 0 Å². The van der Waals surface area contributed by atoms with Crippen LogP contribution in [0.1, 0.15) is 380 Å². The van der Waals surface area contributed by atoms with Crippen LogP contribution in [0.25, 0.3) is 0 Å². The van der Waals surface area contributed by atoms with Crippen molar-refractivity contribution in [1.29, 1.82) is 0 Å². The SMILES string of the molecule is CC/C=C\C/C=C\C/C=C\C/C=C\C/C=C\CCCCCCCCCCCCCCCCCC(=O)OCC(COC(=O)CCCCCCC/C=C\CCC)OC(=O)CCCCCCCCCCCCCCCCCCCCCCCCCC. The molecule has 0 amide bonds. The first-order chi connectivity index (χ1) is 41.0. The largest absolute Gasteiger partial charge is 0.462 e. The number of unbranched alkanes of at least 4 members (excludes halogenated alkanes) is 44. The maximum atomic E-state index is 12.9. The first-order valence-corrected chi connectivity index (χ1v) is 36.4. The summed E-state index contributed by atoms with van der Waals surface area (Å²) in [6, 6.07) is 0. The fraction of sp³-hybridized carbons (Fsp3) is 0.805. The van der Waals surface area contributed by atoms with Crippen LogP contribution in [0.2, 0.25) is 0 Å². The van der Waals surface area contributed by atoms with Gasteiger partial charge in [-0.15, -0.1) is 0 Å². The Balaban J connectivity index is 4.12. The zero-order valence-corrected chi connectivity index (χ0v) is 55.5. The molecule has 0 aromatic heterocycles. The first kappa shape index (κ1) is 79.8. The highest BCUT2D eigenvalue weighted by Gasteiger charge is 2.19. The molecule has 0 spiro atoms. The van der Waals surface area contributed by atoms with Crippen molar-refractivity contribution in [2.45, 2.75) is 386 Å². The number of rotatable bonds is 67. The summed E-state index contributed by atoms with van der Waals surface area (Å²) in [4.78, 5) is 38.4. The molecule has 0 aromatic rings. The fourth-order valence-electron chi connectivity index (χ4n) is 10.8. The molecule has 0 rings (SSSR count). The van der Waals surface area contributed by atoms with E-state index in [1.165, 1.54) is 238 Å². The normalized spacial score (nSPS) is 12.5. The van der Waals surface area contributed by atoms with Gasteiger partial charge in [0.05, 0.1) is 0 Å². The summed E-state index contributed by atoms with van der Waals surface area (Å²) in [7, 11) is 0. The van der Waals surface area contributed by atoms with Gasteiger partial charge in [-0.1, -0.05) is 351 Å². The average Bonchev–Trinajstić information content (AvgIpc) is 3.48. The molecular weight excluding hydrogens is 1020 g/mol. The molecule has 0 radical (unpaired) electrons. The Morgan fingerprint density at radius 2 is 0.494 bits per heavy atom. The third kappa shape index (κ3) is 69.5. The number of allylic oxidation sites excluding steroid dienone is 12. The van der Waals surface area contributed by atoms with Gasteiger partial charge >= 0.3 is 17.9 Å². The molecule has 6 nitrogen and oxygen atoms in total. The summed E-state index contributed by atoms with van der Waals surface area (Å²) in [6.07, 6.45) is 93.9. The fourth-order valence-corrected chi connectivity index (χ4v) is 10.8. The number of ether oxygens (including phenoxy) is 3. The molecule has 0 aromatic carbocycles. The summed E-state index contributed by atoms with van der Waals surface area (Å²) in [6.45, 7) is 6.52. The van der Waals surface area contributed by atoms with Gasteiger partial charge in [-0.2, -0.15) is 0 Å². The van der Waals surface area contributed by atoms with Crippen LogP contribution in [0.3, 0.4) is 0 Å². The summed E-state index contributed by atoms with van der Waals surface area (Å²) in [5.74, 6) is -0.861. The van der Waals surface area contributed by atoms with Crippen LogP contribution >= 0.6 is 0 Å². The second-order valence-electron chi connectivity index (χ2n) is 24.5. The Labute approximate surface area is 516 Å². The third-order valence-electron chi connectivity index (χ3n) is 16.2. The molecule has 0 aliphatic heterocycles. The lowest BCUT2D eigenvalue weighted by molar-refractivity contribution is -0.167. The topological polar surface area (TPSA) is 78.9 Å². The zero-order chi connectivity index (χ0) is 59.9. The Hall–Kier alpha value is -3.15. The predicted molar refractivity (Wildman–Crippen MR) is 362 cm³/mol. The minimum Gasteiger partial charge on any atom is -0.462 e. The molecule has 83 heavy (non-hydrogen) atoms. The molecule has 482 valence electrons. The number of hydrogen-bond acceptors (Lipinski definition) is 6. The van der Waals surface area contributed by atoms with Crippen molar-refractivity contribution in [3.05, 3.63) is 72.9 Å². The van der Waals surface area contributed by atoms with E-state index >= 15 is 0 Å². The van der Waals surface area contributed by atoms with E-state index in [4.69, 9.17) is 14.2 Å². The van der Waals surface area contributed by atoms with E-state index in [1.807, 2.05) is 0 Å². The van der Waals surface area contributed by atoms with Crippen LogP contribution in [0.4, 0.5) is 0 Å². The van der Waals surface area contributed by atoms with Crippen molar-refractivity contribution in [3.8, 4) is 0 Å². The molecular formula is C77H138O6. The number of carbonyl (C=O) groups is 3. The van der Waals surface area contributed by atoms with Gasteiger partial charge in [0.15, 0.2) is 6.10 Å². The van der Waals surface area contributed by atoms with Crippen molar-refractivity contribution < 1.29 is 28.6 Å². The molecule has 0 bridgehead atoms. The minimum atomic E-state index is -0.776. The highest BCUT2D eigenvalue weighted by Crippen LogP contribution is 2.19. The quantitative estimate of drug-likeness (QED) is 0.0261. The second kappa shape index (κ2) is 71.3. The summed E-state index contributed by atoms with van der Waals surface area (Å²) >= 11 is 0. The van der Waals surface area contributed by atoms with E-state index < -0.39 is 6.10 Å². The van der Waals surface area contributed by atoms with Gasteiger partial charge in [-0.3, -0.25) is 14.4 Å². The van der Waals surface area contributed by atoms with Crippen molar-refractivity contribution in [3.63, 3.8) is 0 Å². The van der Waals surface area contributed by atoms with Gasteiger partial charge in [0.2, 0.25) is 0 Å². The molecule has 0 aliphatic rings. The predicted octanol–water partition coefficient (Wildman–Crippen LogP) is 25.2. The monoisotopic (exact) mass is 1160 g/mol. The van der Waals surface area contributed by atoms with Crippen LogP contribution in [0.5, 0.6) is 0 Å². The van der Waals surface area contributed by atoms with Gasteiger partial charge in [-0.25, -0.2) is 0 Å². The smallest absolute Gasteiger partial charge is 0.306 e. The Morgan fingerprint density at radius 1 is 0.253 bits per heavy atom. The van der Waals surface area contributed by atoms with Crippen LogP contribution in [-0.4, -0.2) is 37.2 Å². The molecule has 0 fully saturated rings. The summed E-state index contributed by atoms with van der Waals surface area (Å²) in [5, 5.41) is 0. The first-order valence-electron chi connectivity index (χ1n) is 36.4. The summed E-state index contributed by atoms with van der Waals surface area (Å²) < 4.78 is 17.0. The maximum absolute atomic E-state index is 12.9. The van der Waals surface area contributed by atoms with Gasteiger partial charge in [-0.05, 0) is 83.5 Å². The highest BCUT2D eigenvalue weighted by molar-refractivity contribution is 5.71. The molecule has 1 unspecified atom stereocenters. The Morgan fingerprint density at radius 3 is 0.795 bits per heavy atom. The van der Waals surface area contributed by atoms with E-state index in [2.05, 4.69) is 93.7 Å². The van der Waals surface area contributed by atoms with Gasteiger partial charge < -0.3 is 14.2 Å². The lowest BCUT2D eigenvalue weighted by Gasteiger charge is -2.18. The Bertz CT molecular complexity index is 1520. The average molecular weight is 1160 g/mol. The van der Waals surface area contributed by atoms with E-state index in [9.17, 15) is 14.4 Å². The number of hydrogen-bond donors (Lipinski definition) is 0. The van der Waals surface area contributed by atoms with Crippen LogP contribution in [0.15, 0.2) is 72.9 Å². The van der Waals surface area contributed by atoms with Gasteiger partial charge in [0.1, 0.15) is 13.2 Å². The molecule has 0 heterocycles. The number of esters is 3. The molecule has 0 aliphatic carbocycles. The zero-order valence-electron chi connectivity index (χ0n) is 55.5. The van der Waals surface area contributed by atoms with Gasteiger partial charge in [0.25, 0.3) is 0 Å². The van der Waals surface area contributed by atoms with Crippen molar-refractivity contribution in [2.75, 3.05) is 13.2 Å². The molecule has 0 N–H and O–H groups in total.